The van der Waals surface area contributed by atoms with Gasteiger partial charge in [0.2, 0.25) is 15.9 Å². The molecule has 1 aromatic heterocycles. The highest BCUT2D eigenvalue weighted by Crippen LogP contribution is 2.42. The minimum Gasteiger partial charge on any atom is -0.480 e. The van der Waals surface area contributed by atoms with Gasteiger partial charge in [-0.3, -0.25) is 9.59 Å². The number of fused-ring (bicyclic) bond motifs is 1. The Morgan fingerprint density at radius 2 is 1.97 bits per heavy atom. The molecule has 2 N–H and O–H groups in total. The Balaban J connectivity index is 1.45. The summed E-state index contributed by atoms with van der Waals surface area (Å²) in [6.45, 7) is 1.74. The predicted molar refractivity (Wildman–Crippen MR) is 129 cm³/mol. The molecule has 4 rings (SSSR count). The van der Waals surface area contributed by atoms with Gasteiger partial charge in [-0.1, -0.05) is 51.2 Å². The van der Waals surface area contributed by atoms with Crippen molar-refractivity contribution < 1.29 is 23.1 Å². The van der Waals surface area contributed by atoms with Gasteiger partial charge >= 0.3 is 5.97 Å². The number of rotatable bonds is 8. The second-order valence-corrected chi connectivity index (χ2v) is 11.9. The molecule has 0 bridgehead atoms. The van der Waals surface area contributed by atoms with Gasteiger partial charge in [0, 0.05) is 21.9 Å². The van der Waals surface area contributed by atoms with Crippen LogP contribution >= 0.6 is 11.3 Å². The number of carboxylic acids is 1. The number of carbonyl (C=O) groups is 2. The van der Waals surface area contributed by atoms with Gasteiger partial charge in [-0.25, -0.2) is 8.42 Å². The number of hydrogen-bond donors (Lipinski definition) is 2. The van der Waals surface area contributed by atoms with E-state index in [1.807, 2.05) is 24.3 Å². The molecule has 0 saturated heterocycles. The number of carboxylic acid groups (broad SMARTS) is 1. The lowest BCUT2D eigenvalue weighted by atomic mass is 9.86. The highest BCUT2D eigenvalue weighted by Gasteiger charge is 2.43. The van der Waals surface area contributed by atoms with Crippen molar-refractivity contribution in [2.45, 2.75) is 75.8 Å². The third-order valence-corrected chi connectivity index (χ3v) is 9.83. The summed E-state index contributed by atoms with van der Waals surface area (Å²) in [5, 5.41) is 12.4. The van der Waals surface area contributed by atoms with Gasteiger partial charge in [0.25, 0.3) is 0 Å². The number of thiophene rings is 1. The molecule has 178 valence electrons. The standard InChI is InChI=1S/C24H30N2O5S2/c1-2-19(24(28)29)26-15-21-22(33(26,30)31)14-20(32-21)17-9-6-10-18(13-17)25-23(27)12-11-16-7-4-3-5-8-16/h6,9-10,13-14,16,19H,2-5,7-8,11-12,15H2,1H3,(H,25,27)(H,28,29). The van der Waals surface area contributed by atoms with Crippen molar-refractivity contribution in [2.24, 2.45) is 5.92 Å². The fourth-order valence-electron chi connectivity index (χ4n) is 4.80. The second-order valence-electron chi connectivity index (χ2n) is 8.88. The molecule has 2 heterocycles. The molecule has 2 aliphatic rings. The van der Waals surface area contributed by atoms with Crippen LogP contribution in [0, 0.1) is 5.92 Å². The normalized spacial score (nSPS) is 19.2. The Morgan fingerprint density at radius 1 is 1.21 bits per heavy atom. The molecule has 9 heteroatoms. The summed E-state index contributed by atoms with van der Waals surface area (Å²) in [4.78, 5) is 25.5. The Labute approximate surface area is 198 Å². The SMILES string of the molecule is CCC(C(=O)O)N1Cc2sc(-c3cccc(NC(=O)CCC4CCCCC4)c3)cc2S1(=O)=O. The quantitative estimate of drug-likeness (QED) is 0.537. The second kappa shape index (κ2) is 9.95. The van der Waals surface area contributed by atoms with Crippen LogP contribution in [0.5, 0.6) is 0 Å². The van der Waals surface area contributed by atoms with Crippen molar-refractivity contribution in [1.82, 2.24) is 4.31 Å². The highest BCUT2D eigenvalue weighted by molar-refractivity contribution is 7.89. The predicted octanol–water partition coefficient (Wildman–Crippen LogP) is 5.08. The van der Waals surface area contributed by atoms with Crippen molar-refractivity contribution in [3.05, 3.63) is 35.2 Å². The van der Waals surface area contributed by atoms with E-state index < -0.39 is 22.0 Å². The molecule has 7 nitrogen and oxygen atoms in total. The van der Waals surface area contributed by atoms with E-state index in [2.05, 4.69) is 5.32 Å². The lowest BCUT2D eigenvalue weighted by molar-refractivity contribution is -0.141. The molecule has 1 atom stereocenters. The summed E-state index contributed by atoms with van der Waals surface area (Å²) in [5.41, 5.74) is 1.52. The number of amides is 1. The highest BCUT2D eigenvalue weighted by atomic mass is 32.2. The first kappa shape index (κ1) is 23.9. The van der Waals surface area contributed by atoms with Crippen LogP contribution < -0.4 is 5.32 Å². The largest absolute Gasteiger partial charge is 0.480 e. The zero-order valence-electron chi connectivity index (χ0n) is 18.7. The third-order valence-electron chi connectivity index (χ3n) is 6.61. The first-order chi connectivity index (χ1) is 15.8. The number of carbonyl (C=O) groups excluding carboxylic acids is 1. The Kier molecular flexibility index (Phi) is 7.21. The van der Waals surface area contributed by atoms with E-state index >= 15 is 0 Å². The van der Waals surface area contributed by atoms with Gasteiger partial charge in [-0.2, -0.15) is 4.31 Å². The zero-order valence-corrected chi connectivity index (χ0v) is 20.4. The van der Waals surface area contributed by atoms with Crippen LogP contribution in [0.2, 0.25) is 0 Å². The minimum atomic E-state index is -3.84. The van der Waals surface area contributed by atoms with Crippen LogP contribution in [0.4, 0.5) is 5.69 Å². The monoisotopic (exact) mass is 490 g/mol. The lowest BCUT2D eigenvalue weighted by Gasteiger charge is -2.21. The van der Waals surface area contributed by atoms with Gasteiger partial charge in [-0.15, -0.1) is 11.3 Å². The Hall–Kier alpha value is -2.23. The summed E-state index contributed by atoms with van der Waals surface area (Å²) in [7, 11) is -3.84. The van der Waals surface area contributed by atoms with E-state index in [0.717, 1.165) is 21.2 Å². The lowest BCUT2D eigenvalue weighted by Crippen LogP contribution is -2.40. The summed E-state index contributed by atoms with van der Waals surface area (Å²) in [6, 6.07) is 7.97. The first-order valence-corrected chi connectivity index (χ1v) is 13.8. The van der Waals surface area contributed by atoms with Crippen molar-refractivity contribution in [3.8, 4) is 10.4 Å². The van der Waals surface area contributed by atoms with Crippen LogP contribution in [0.1, 0.15) is 63.2 Å². The van der Waals surface area contributed by atoms with Crippen molar-refractivity contribution >= 4 is 38.9 Å². The van der Waals surface area contributed by atoms with Crippen LogP contribution in [-0.4, -0.2) is 35.7 Å². The molecule has 33 heavy (non-hydrogen) atoms. The summed E-state index contributed by atoms with van der Waals surface area (Å²) in [5.74, 6) is -0.480. The Bertz CT molecular complexity index is 1140. The number of benzene rings is 1. The molecular formula is C24H30N2O5S2. The molecule has 1 unspecified atom stereocenters. The van der Waals surface area contributed by atoms with Crippen LogP contribution in [0.15, 0.2) is 35.2 Å². The molecule has 2 aromatic rings. The van der Waals surface area contributed by atoms with E-state index in [1.54, 1.807) is 13.0 Å². The van der Waals surface area contributed by atoms with Gasteiger partial charge in [0.1, 0.15) is 6.04 Å². The van der Waals surface area contributed by atoms with Gasteiger partial charge in [0.05, 0.1) is 11.4 Å². The molecule has 1 saturated carbocycles. The maximum atomic E-state index is 13.0. The first-order valence-electron chi connectivity index (χ1n) is 11.6. The van der Waals surface area contributed by atoms with E-state index in [9.17, 15) is 23.1 Å². The average molecular weight is 491 g/mol. The van der Waals surface area contributed by atoms with Gasteiger partial charge in [-0.05, 0) is 42.5 Å². The maximum Gasteiger partial charge on any atom is 0.322 e. The molecule has 1 aliphatic heterocycles. The Morgan fingerprint density at radius 3 is 2.64 bits per heavy atom. The number of nitrogens with one attached hydrogen (secondary N) is 1. The summed E-state index contributed by atoms with van der Waals surface area (Å²) in [6.07, 6.45) is 7.92. The average Bonchev–Trinajstić information content (AvgIpc) is 3.32. The zero-order chi connectivity index (χ0) is 23.6. The number of aliphatic carboxylic acids is 1. The molecule has 1 aliphatic carbocycles. The van der Waals surface area contributed by atoms with E-state index in [-0.39, 0.29) is 23.8 Å². The van der Waals surface area contributed by atoms with E-state index in [1.165, 1.54) is 43.4 Å². The van der Waals surface area contributed by atoms with Crippen LogP contribution in [0.3, 0.4) is 0 Å². The van der Waals surface area contributed by atoms with Gasteiger partial charge in [0.15, 0.2) is 0 Å². The molecule has 1 amide bonds. The molecule has 0 spiro atoms. The molecule has 1 fully saturated rings. The smallest absolute Gasteiger partial charge is 0.322 e. The fourth-order valence-corrected chi connectivity index (χ4v) is 8.19. The molecule has 0 radical (unpaired) electrons. The summed E-state index contributed by atoms with van der Waals surface area (Å²) < 4.78 is 27.0. The molecule has 1 aromatic carbocycles. The van der Waals surface area contributed by atoms with E-state index in [0.29, 0.717) is 22.9 Å². The topological polar surface area (TPSA) is 104 Å². The fraction of sp³-hybridized carbons (Fsp3) is 0.500. The number of hydrogen-bond acceptors (Lipinski definition) is 5. The maximum absolute atomic E-state index is 13.0. The number of nitrogens with zero attached hydrogens (tertiary/aromatic N) is 1. The van der Waals surface area contributed by atoms with E-state index in [4.69, 9.17) is 0 Å². The number of anilines is 1. The van der Waals surface area contributed by atoms with Crippen molar-refractivity contribution in [3.63, 3.8) is 0 Å². The van der Waals surface area contributed by atoms with Crippen LogP contribution in [0.25, 0.3) is 10.4 Å². The third kappa shape index (κ3) is 5.15. The van der Waals surface area contributed by atoms with Crippen molar-refractivity contribution in [2.75, 3.05) is 5.32 Å². The minimum absolute atomic E-state index is 0.00361. The van der Waals surface area contributed by atoms with Crippen molar-refractivity contribution in [1.29, 1.82) is 0 Å². The van der Waals surface area contributed by atoms with Crippen LogP contribution in [-0.2, 0) is 26.2 Å². The number of sulfonamides is 1. The molecular weight excluding hydrogens is 460 g/mol. The van der Waals surface area contributed by atoms with Gasteiger partial charge < -0.3 is 10.4 Å². The summed E-state index contributed by atoms with van der Waals surface area (Å²) >= 11 is 1.35.